The van der Waals surface area contributed by atoms with Crippen LogP contribution in [0.2, 0.25) is 13.3 Å². The van der Waals surface area contributed by atoms with Gasteiger partial charge in [0, 0.05) is 0 Å². The van der Waals surface area contributed by atoms with Gasteiger partial charge in [-0.25, -0.2) is 0 Å². The third kappa shape index (κ3) is 9.98. The van der Waals surface area contributed by atoms with E-state index in [0.29, 0.717) is 0 Å². The maximum absolute atomic E-state index is 2.82. The molecule has 0 nitrogen and oxygen atoms in total. The summed E-state index contributed by atoms with van der Waals surface area (Å²) < 4.78 is 7.65. The summed E-state index contributed by atoms with van der Waals surface area (Å²) in [5.41, 5.74) is 0. The van der Waals surface area contributed by atoms with E-state index in [-0.39, 0.29) is 0 Å². The zero-order valence-corrected chi connectivity index (χ0v) is 17.2. The molecule has 1 heteroatoms. The molecule has 0 bridgehead atoms. The maximum atomic E-state index is 2.82. The molecule has 0 radical (unpaired) electrons. The minimum absolute atomic E-state index is 0.823. The first-order chi connectivity index (χ1) is 9.10. The molecule has 0 unspecified atom stereocenters. The fourth-order valence-electron chi connectivity index (χ4n) is 2.80. The van der Waals surface area contributed by atoms with Crippen molar-refractivity contribution in [2.45, 2.75) is 92.9 Å². The van der Waals surface area contributed by atoms with Crippen molar-refractivity contribution in [2.24, 2.45) is 5.92 Å². The van der Waals surface area contributed by atoms with Gasteiger partial charge in [0.1, 0.15) is 0 Å². The van der Waals surface area contributed by atoms with Crippen molar-refractivity contribution in [1.82, 2.24) is 0 Å². The zero-order chi connectivity index (χ0) is 14.6. The van der Waals surface area contributed by atoms with Crippen LogP contribution in [-0.4, -0.2) is 18.4 Å². The number of rotatable bonds is 12. The van der Waals surface area contributed by atoms with Crippen LogP contribution in [0.15, 0.2) is 10.2 Å². The van der Waals surface area contributed by atoms with Crippen LogP contribution in [0.5, 0.6) is 0 Å². The van der Waals surface area contributed by atoms with Crippen molar-refractivity contribution < 1.29 is 0 Å². The summed E-state index contributed by atoms with van der Waals surface area (Å²) in [5, 5.41) is 0. The fraction of sp³-hybridized carbons (Fsp3) is 0.889. The van der Waals surface area contributed by atoms with E-state index >= 15 is 0 Å². The number of unbranched alkanes of at least 4 members (excludes halogenated alkanes) is 3. The van der Waals surface area contributed by atoms with Crippen LogP contribution < -0.4 is 0 Å². The van der Waals surface area contributed by atoms with Gasteiger partial charge in [-0.1, -0.05) is 0 Å². The molecule has 0 heterocycles. The summed E-state index contributed by atoms with van der Waals surface area (Å²) in [4.78, 5) is 0. The van der Waals surface area contributed by atoms with Crippen molar-refractivity contribution in [3.8, 4) is 0 Å². The van der Waals surface area contributed by atoms with Crippen molar-refractivity contribution >= 4 is 18.4 Å². The Bertz CT molecular complexity index is 196. The molecule has 0 aromatic heterocycles. The standard InChI is InChI=1S/C6H11.3C4H9.Sn/c1-4-5-6(2)3;3*1-3-4-2;/h1,4,6H,5H2,2-3H3;3*1,3-4H2,2H3;. The molecular weight excluding hydrogens is 335 g/mol. The molecule has 19 heavy (non-hydrogen) atoms. The first kappa shape index (κ1) is 19.5. The van der Waals surface area contributed by atoms with Gasteiger partial charge in [-0.3, -0.25) is 0 Å². The Morgan fingerprint density at radius 2 is 1.21 bits per heavy atom. The molecule has 0 aromatic carbocycles. The first-order valence-electron chi connectivity index (χ1n) is 8.78. The number of allylic oxidation sites excluding steroid dienone is 1. The molecule has 0 aliphatic heterocycles. The monoisotopic (exact) mass is 374 g/mol. The van der Waals surface area contributed by atoms with Crippen molar-refractivity contribution in [1.29, 1.82) is 0 Å². The van der Waals surface area contributed by atoms with Crippen LogP contribution in [0.4, 0.5) is 0 Å². The summed E-state index contributed by atoms with van der Waals surface area (Å²) in [5.74, 6) is 0.823. The van der Waals surface area contributed by atoms with Crippen molar-refractivity contribution in [2.75, 3.05) is 0 Å². The van der Waals surface area contributed by atoms with E-state index in [2.05, 4.69) is 44.8 Å². The number of hydrogen-bond donors (Lipinski definition) is 0. The molecule has 114 valence electrons. The molecule has 0 spiro atoms. The Hall–Kier alpha value is 0.539. The van der Waals surface area contributed by atoms with E-state index in [1.807, 2.05) is 0 Å². The van der Waals surface area contributed by atoms with Gasteiger partial charge < -0.3 is 0 Å². The van der Waals surface area contributed by atoms with E-state index in [4.69, 9.17) is 0 Å². The second kappa shape index (κ2) is 12.3. The average molecular weight is 373 g/mol. The van der Waals surface area contributed by atoms with Gasteiger partial charge in [0.15, 0.2) is 0 Å². The van der Waals surface area contributed by atoms with E-state index in [9.17, 15) is 0 Å². The van der Waals surface area contributed by atoms with Gasteiger partial charge in [-0.15, -0.1) is 0 Å². The molecular formula is C18H38Sn. The second-order valence-electron chi connectivity index (χ2n) is 6.70. The molecule has 0 amide bonds. The predicted molar refractivity (Wildman–Crippen MR) is 93.5 cm³/mol. The average Bonchev–Trinajstić information content (AvgIpc) is 2.39. The van der Waals surface area contributed by atoms with Gasteiger partial charge in [0.05, 0.1) is 0 Å². The Morgan fingerprint density at radius 1 is 0.789 bits per heavy atom. The Labute approximate surface area is 127 Å². The predicted octanol–water partition coefficient (Wildman–Crippen LogP) is 6.98. The molecule has 0 aromatic rings. The second-order valence-corrected chi connectivity index (χ2v) is 19.7. The SMILES string of the molecule is CCC[CH2][Sn](/[CH]=C/CC(C)C)([CH2]CCC)[CH2]CCC. The topological polar surface area (TPSA) is 0 Å². The van der Waals surface area contributed by atoms with E-state index in [1.165, 1.54) is 44.9 Å². The minimum atomic E-state index is -1.93. The van der Waals surface area contributed by atoms with E-state index in [0.717, 1.165) is 5.92 Å². The Kier molecular flexibility index (Phi) is 12.6. The summed E-state index contributed by atoms with van der Waals surface area (Å²) in [7, 11) is 0. The molecule has 0 rings (SSSR count). The van der Waals surface area contributed by atoms with Gasteiger partial charge in [0.25, 0.3) is 0 Å². The number of hydrogen-bond acceptors (Lipinski definition) is 0. The molecule has 0 fully saturated rings. The fourth-order valence-corrected chi connectivity index (χ4v) is 17.2. The van der Waals surface area contributed by atoms with Gasteiger partial charge in [0.2, 0.25) is 0 Å². The van der Waals surface area contributed by atoms with Crippen LogP contribution in [-0.2, 0) is 0 Å². The summed E-state index contributed by atoms with van der Waals surface area (Å²) >= 11 is -1.93. The van der Waals surface area contributed by atoms with Crippen LogP contribution in [0, 0.1) is 5.92 Å². The summed E-state index contributed by atoms with van der Waals surface area (Å²) in [6.45, 7) is 11.7. The summed E-state index contributed by atoms with van der Waals surface area (Å²) in [6.07, 6.45) is 12.5. The molecule has 0 atom stereocenters. The van der Waals surface area contributed by atoms with Gasteiger partial charge >= 0.3 is 127 Å². The summed E-state index contributed by atoms with van der Waals surface area (Å²) in [6, 6.07) is 0. The molecule has 0 aliphatic carbocycles. The molecule has 0 saturated carbocycles. The Morgan fingerprint density at radius 3 is 1.53 bits per heavy atom. The Balaban J connectivity index is 4.70. The van der Waals surface area contributed by atoms with Gasteiger partial charge in [-0.05, 0) is 0 Å². The molecule has 0 N–H and O–H groups in total. The van der Waals surface area contributed by atoms with Gasteiger partial charge in [-0.2, -0.15) is 0 Å². The van der Waals surface area contributed by atoms with E-state index < -0.39 is 18.4 Å². The van der Waals surface area contributed by atoms with Crippen LogP contribution >= 0.6 is 0 Å². The quantitative estimate of drug-likeness (QED) is 0.324. The molecule has 0 saturated heterocycles. The van der Waals surface area contributed by atoms with Crippen molar-refractivity contribution in [3.63, 3.8) is 0 Å². The van der Waals surface area contributed by atoms with Crippen LogP contribution in [0.3, 0.4) is 0 Å². The van der Waals surface area contributed by atoms with Crippen molar-refractivity contribution in [3.05, 3.63) is 10.2 Å². The molecule has 0 aliphatic rings. The zero-order valence-electron chi connectivity index (χ0n) is 14.3. The third-order valence-electron chi connectivity index (χ3n) is 4.16. The van der Waals surface area contributed by atoms with Crippen LogP contribution in [0.25, 0.3) is 0 Å². The normalized spacial score (nSPS) is 12.7. The first-order valence-corrected chi connectivity index (χ1v) is 16.5. The van der Waals surface area contributed by atoms with Crippen LogP contribution in [0.1, 0.15) is 79.6 Å². The third-order valence-corrected chi connectivity index (χ3v) is 18.4. The van der Waals surface area contributed by atoms with E-state index in [1.54, 1.807) is 13.3 Å².